The Kier molecular flexibility index (Phi) is 9.84. The third-order valence-corrected chi connectivity index (χ3v) is 8.33. The number of aliphatic hydroxyl groups is 1. The van der Waals surface area contributed by atoms with Gasteiger partial charge in [-0.1, -0.05) is 6.07 Å². The molecule has 0 aliphatic carbocycles. The highest BCUT2D eigenvalue weighted by Gasteiger charge is 2.29. The second-order valence-electron chi connectivity index (χ2n) is 9.50. The van der Waals surface area contributed by atoms with E-state index in [0.717, 1.165) is 61.3 Å². The smallest absolute Gasteiger partial charge is 0.126 e. The van der Waals surface area contributed by atoms with Crippen LogP contribution < -0.4 is 9.47 Å². The number of benzene rings is 2. The lowest BCUT2D eigenvalue weighted by atomic mass is 9.81. The molecule has 2 aromatic carbocycles. The Hall–Kier alpha value is -2.35. The van der Waals surface area contributed by atoms with Gasteiger partial charge in [-0.05, 0) is 104 Å². The molecule has 0 amide bonds. The number of likely N-dealkylation sites (tertiary alicyclic amines) is 1. The summed E-state index contributed by atoms with van der Waals surface area (Å²) in [4.78, 5) is 8.05. The van der Waals surface area contributed by atoms with Crippen LogP contribution >= 0.6 is 11.8 Å². The van der Waals surface area contributed by atoms with Gasteiger partial charge in [-0.3, -0.25) is 4.98 Å². The molecule has 0 radical (unpaired) electrons. The van der Waals surface area contributed by atoms with Crippen LogP contribution in [0.1, 0.15) is 37.4 Å². The summed E-state index contributed by atoms with van der Waals surface area (Å²) in [7, 11) is 3.31. The third kappa shape index (κ3) is 6.90. The normalized spacial score (nSPS) is 19.3. The van der Waals surface area contributed by atoms with Crippen molar-refractivity contribution < 1.29 is 19.0 Å². The maximum atomic E-state index is 15.4. The van der Waals surface area contributed by atoms with Crippen molar-refractivity contribution in [2.45, 2.75) is 36.8 Å². The van der Waals surface area contributed by atoms with Crippen LogP contribution in [0.25, 0.3) is 10.9 Å². The molecule has 4 rings (SSSR count). The van der Waals surface area contributed by atoms with Crippen LogP contribution in [0.5, 0.6) is 11.5 Å². The van der Waals surface area contributed by atoms with Gasteiger partial charge in [0.25, 0.3) is 0 Å². The van der Waals surface area contributed by atoms with Gasteiger partial charge in [-0.25, -0.2) is 4.39 Å². The SMILES string of the molecule is COc1cccc(SCCCN2CC[C@@H](CC[C@H](F)c3ccnc4ccc(OC)cc34)[C@@H](CO)C2)c1. The van der Waals surface area contributed by atoms with Gasteiger partial charge in [0, 0.05) is 29.6 Å². The summed E-state index contributed by atoms with van der Waals surface area (Å²) in [6.45, 7) is 3.08. The molecule has 1 aromatic heterocycles. The number of rotatable bonds is 12. The van der Waals surface area contributed by atoms with E-state index in [4.69, 9.17) is 9.47 Å². The lowest BCUT2D eigenvalue weighted by Gasteiger charge is -2.38. The predicted molar refractivity (Wildman–Crippen MR) is 145 cm³/mol. The summed E-state index contributed by atoms with van der Waals surface area (Å²) in [6.07, 6.45) is 3.95. The van der Waals surface area contributed by atoms with E-state index in [1.54, 1.807) is 26.5 Å². The van der Waals surface area contributed by atoms with Crippen LogP contribution in [0.15, 0.2) is 59.6 Å². The molecule has 2 heterocycles. The van der Waals surface area contributed by atoms with Gasteiger partial charge in [0.05, 0.1) is 19.7 Å². The molecule has 36 heavy (non-hydrogen) atoms. The second-order valence-corrected chi connectivity index (χ2v) is 10.7. The number of alkyl halides is 1. The number of thioether (sulfide) groups is 1. The van der Waals surface area contributed by atoms with Crippen molar-refractivity contribution in [1.29, 1.82) is 0 Å². The average molecular weight is 513 g/mol. The van der Waals surface area contributed by atoms with E-state index in [0.29, 0.717) is 23.7 Å². The topological polar surface area (TPSA) is 54.8 Å². The Bertz CT molecular complexity index is 1110. The minimum atomic E-state index is -1.06. The first-order valence-corrected chi connectivity index (χ1v) is 13.8. The lowest BCUT2D eigenvalue weighted by molar-refractivity contribution is 0.0640. The van der Waals surface area contributed by atoms with Gasteiger partial charge in [0.15, 0.2) is 0 Å². The number of methoxy groups -OCH3 is 2. The fourth-order valence-corrected chi connectivity index (χ4v) is 6.06. The molecule has 3 atom stereocenters. The zero-order chi connectivity index (χ0) is 25.3. The molecule has 1 saturated heterocycles. The largest absolute Gasteiger partial charge is 0.497 e. The standard InChI is InChI=1S/C29H37FN2O3S/c1-34-23-5-3-6-25(17-23)36-16-4-14-32-15-12-21(22(19-32)20-33)7-9-28(30)26-11-13-31-29-10-8-24(35-2)18-27(26)29/h3,5-6,8,10-11,13,17-18,21-22,28,33H,4,7,9,12,14-16,19-20H2,1-2H3/t21-,22-,28+/m1/s1. The highest BCUT2D eigenvalue weighted by atomic mass is 32.2. The Morgan fingerprint density at radius 2 is 1.94 bits per heavy atom. The van der Waals surface area contributed by atoms with E-state index in [1.807, 2.05) is 42.1 Å². The van der Waals surface area contributed by atoms with E-state index >= 15 is 4.39 Å². The Morgan fingerprint density at radius 3 is 2.75 bits per heavy atom. The second kappa shape index (κ2) is 13.3. The zero-order valence-corrected chi connectivity index (χ0v) is 22.1. The minimum Gasteiger partial charge on any atom is -0.497 e. The number of fused-ring (bicyclic) bond motifs is 1. The Labute approximate surface area is 218 Å². The maximum Gasteiger partial charge on any atom is 0.126 e. The van der Waals surface area contributed by atoms with Crippen molar-refractivity contribution in [3.8, 4) is 11.5 Å². The molecule has 0 spiro atoms. The van der Waals surface area contributed by atoms with Gasteiger partial charge >= 0.3 is 0 Å². The van der Waals surface area contributed by atoms with E-state index in [9.17, 15) is 5.11 Å². The molecule has 5 nitrogen and oxygen atoms in total. The van der Waals surface area contributed by atoms with E-state index in [-0.39, 0.29) is 12.5 Å². The third-order valence-electron chi connectivity index (χ3n) is 7.25. The van der Waals surface area contributed by atoms with Crippen molar-refractivity contribution >= 4 is 22.7 Å². The van der Waals surface area contributed by atoms with E-state index < -0.39 is 6.17 Å². The lowest BCUT2D eigenvalue weighted by Crippen LogP contribution is -2.42. The van der Waals surface area contributed by atoms with Crippen molar-refractivity contribution in [1.82, 2.24) is 9.88 Å². The number of aliphatic hydroxyl groups excluding tert-OH is 1. The van der Waals surface area contributed by atoms with Gasteiger partial charge in [-0.2, -0.15) is 0 Å². The van der Waals surface area contributed by atoms with Gasteiger partial charge in [-0.15, -0.1) is 11.8 Å². The first-order valence-electron chi connectivity index (χ1n) is 12.8. The summed E-state index contributed by atoms with van der Waals surface area (Å²) in [5, 5.41) is 10.9. The highest BCUT2D eigenvalue weighted by molar-refractivity contribution is 7.99. The van der Waals surface area contributed by atoms with Crippen LogP contribution in [0.2, 0.25) is 0 Å². The van der Waals surface area contributed by atoms with E-state index in [1.165, 1.54) is 4.90 Å². The molecule has 1 aliphatic rings. The predicted octanol–water partition coefficient (Wildman–Crippen LogP) is 6.16. The van der Waals surface area contributed by atoms with Crippen LogP contribution in [0.4, 0.5) is 4.39 Å². The van der Waals surface area contributed by atoms with Crippen LogP contribution in [0.3, 0.4) is 0 Å². The number of halogens is 1. The zero-order valence-electron chi connectivity index (χ0n) is 21.2. The van der Waals surface area contributed by atoms with Gasteiger partial charge < -0.3 is 19.5 Å². The van der Waals surface area contributed by atoms with Crippen molar-refractivity contribution in [3.05, 3.63) is 60.3 Å². The molecular weight excluding hydrogens is 475 g/mol. The summed E-state index contributed by atoms with van der Waals surface area (Å²) in [5.41, 5.74) is 1.45. The molecule has 0 saturated carbocycles. The Balaban J connectivity index is 1.25. The molecule has 0 unspecified atom stereocenters. The fourth-order valence-electron chi connectivity index (χ4n) is 5.18. The fraction of sp³-hybridized carbons (Fsp3) is 0.483. The number of nitrogens with zero attached hydrogens (tertiary/aromatic N) is 2. The number of hydrogen-bond donors (Lipinski definition) is 1. The number of ether oxygens (including phenoxy) is 2. The molecule has 7 heteroatoms. The average Bonchev–Trinajstić information content (AvgIpc) is 2.93. The van der Waals surface area contributed by atoms with Gasteiger partial charge in [0.2, 0.25) is 0 Å². The monoisotopic (exact) mass is 512 g/mol. The number of hydrogen-bond acceptors (Lipinski definition) is 6. The molecule has 3 aromatic rings. The number of pyridine rings is 1. The summed E-state index contributed by atoms with van der Waals surface area (Å²) >= 11 is 1.85. The van der Waals surface area contributed by atoms with Crippen molar-refractivity contribution in [2.75, 3.05) is 46.2 Å². The minimum absolute atomic E-state index is 0.159. The molecule has 1 aliphatic heterocycles. The van der Waals surface area contributed by atoms with E-state index in [2.05, 4.69) is 22.0 Å². The molecule has 0 bridgehead atoms. The van der Waals surface area contributed by atoms with Crippen molar-refractivity contribution in [2.24, 2.45) is 11.8 Å². The molecule has 194 valence electrons. The first-order chi connectivity index (χ1) is 17.6. The van der Waals surface area contributed by atoms with Crippen LogP contribution in [-0.4, -0.2) is 61.2 Å². The van der Waals surface area contributed by atoms with Crippen molar-refractivity contribution in [3.63, 3.8) is 0 Å². The van der Waals surface area contributed by atoms with Crippen LogP contribution in [-0.2, 0) is 0 Å². The number of aromatic nitrogens is 1. The number of piperidine rings is 1. The first kappa shape index (κ1) is 26.7. The van der Waals surface area contributed by atoms with Crippen LogP contribution in [0, 0.1) is 11.8 Å². The Morgan fingerprint density at radius 1 is 1.11 bits per heavy atom. The maximum absolute atomic E-state index is 15.4. The highest BCUT2D eigenvalue weighted by Crippen LogP contribution is 2.35. The molecular formula is C29H37FN2O3S. The quantitative estimate of drug-likeness (QED) is 0.232. The van der Waals surface area contributed by atoms with Gasteiger partial charge in [0.1, 0.15) is 17.7 Å². The molecule has 1 fully saturated rings. The summed E-state index contributed by atoms with van der Waals surface area (Å²) < 4.78 is 26.0. The molecule has 1 N–H and O–H groups in total. The summed E-state index contributed by atoms with van der Waals surface area (Å²) in [6, 6.07) is 15.5. The summed E-state index contributed by atoms with van der Waals surface area (Å²) in [5.74, 6) is 3.19.